The van der Waals surface area contributed by atoms with Crippen molar-refractivity contribution in [3.63, 3.8) is 0 Å². The number of carbonyl (C=O) groups is 1. The molecule has 1 aromatic heterocycles. The SMILES string of the molecule is COCCNc1nc(-c2ccc(CNC(C)=O)cc2)cs1. The molecule has 1 aromatic carbocycles. The standard InChI is InChI=1S/C15H19N3O2S/c1-11(19)17-9-12-3-5-13(6-4-12)14-10-21-15(18-14)16-7-8-20-2/h3-6,10H,7-9H2,1-2H3,(H,16,18)(H,17,19). The average Bonchev–Trinajstić information content (AvgIpc) is 2.95. The number of methoxy groups -OCH3 is 1. The molecule has 0 saturated heterocycles. The lowest BCUT2D eigenvalue weighted by atomic mass is 10.1. The van der Waals surface area contributed by atoms with Crippen molar-refractivity contribution in [3.05, 3.63) is 35.2 Å². The average molecular weight is 305 g/mol. The normalized spacial score (nSPS) is 10.4. The number of thiazole rings is 1. The molecule has 0 radical (unpaired) electrons. The lowest BCUT2D eigenvalue weighted by Crippen LogP contribution is -2.18. The van der Waals surface area contributed by atoms with E-state index in [9.17, 15) is 4.79 Å². The Morgan fingerprint density at radius 2 is 2.10 bits per heavy atom. The smallest absolute Gasteiger partial charge is 0.217 e. The van der Waals surface area contributed by atoms with Gasteiger partial charge in [-0.2, -0.15) is 0 Å². The highest BCUT2D eigenvalue weighted by Crippen LogP contribution is 2.25. The van der Waals surface area contributed by atoms with Gasteiger partial charge in [0.1, 0.15) is 0 Å². The van der Waals surface area contributed by atoms with Gasteiger partial charge in [0, 0.05) is 38.1 Å². The number of hydrogen-bond donors (Lipinski definition) is 2. The van der Waals surface area contributed by atoms with Crippen LogP contribution in [0.2, 0.25) is 0 Å². The number of hydrogen-bond acceptors (Lipinski definition) is 5. The summed E-state index contributed by atoms with van der Waals surface area (Å²) in [5.41, 5.74) is 3.09. The van der Waals surface area contributed by atoms with Gasteiger partial charge in [-0.1, -0.05) is 24.3 Å². The fourth-order valence-electron chi connectivity index (χ4n) is 1.77. The molecular weight excluding hydrogens is 286 g/mol. The predicted molar refractivity (Wildman–Crippen MR) is 85.4 cm³/mol. The third kappa shape index (κ3) is 4.84. The Labute approximate surface area is 128 Å². The van der Waals surface area contributed by atoms with Crippen LogP contribution >= 0.6 is 11.3 Å². The van der Waals surface area contributed by atoms with E-state index in [2.05, 4.69) is 15.6 Å². The van der Waals surface area contributed by atoms with Gasteiger partial charge in [-0.15, -0.1) is 11.3 Å². The summed E-state index contributed by atoms with van der Waals surface area (Å²) in [6.45, 7) is 3.48. The van der Waals surface area contributed by atoms with E-state index in [0.717, 1.165) is 28.5 Å². The van der Waals surface area contributed by atoms with Crippen molar-refractivity contribution in [2.75, 3.05) is 25.6 Å². The molecule has 2 N–H and O–H groups in total. The fraction of sp³-hybridized carbons (Fsp3) is 0.333. The van der Waals surface area contributed by atoms with Gasteiger partial charge < -0.3 is 15.4 Å². The van der Waals surface area contributed by atoms with Gasteiger partial charge in [0.25, 0.3) is 0 Å². The van der Waals surface area contributed by atoms with Crippen molar-refractivity contribution in [1.29, 1.82) is 0 Å². The predicted octanol–water partition coefficient (Wildman–Crippen LogP) is 2.50. The molecule has 1 heterocycles. The fourth-order valence-corrected chi connectivity index (χ4v) is 2.52. The number of nitrogens with one attached hydrogen (secondary N) is 2. The van der Waals surface area contributed by atoms with Gasteiger partial charge in [-0.3, -0.25) is 4.79 Å². The molecule has 2 rings (SSSR count). The van der Waals surface area contributed by atoms with E-state index in [1.54, 1.807) is 18.4 Å². The maximum absolute atomic E-state index is 10.9. The second kappa shape index (κ2) is 7.75. The third-order valence-electron chi connectivity index (χ3n) is 2.88. The summed E-state index contributed by atoms with van der Waals surface area (Å²) < 4.78 is 4.99. The molecule has 0 bridgehead atoms. The molecule has 0 saturated carbocycles. The van der Waals surface area contributed by atoms with E-state index in [1.165, 1.54) is 6.92 Å². The van der Waals surface area contributed by atoms with E-state index >= 15 is 0 Å². The van der Waals surface area contributed by atoms with Crippen molar-refractivity contribution in [1.82, 2.24) is 10.3 Å². The number of carbonyl (C=O) groups excluding carboxylic acids is 1. The molecule has 0 aliphatic rings. The number of aromatic nitrogens is 1. The molecule has 0 atom stereocenters. The van der Waals surface area contributed by atoms with Crippen LogP contribution in [0.4, 0.5) is 5.13 Å². The molecule has 0 spiro atoms. The topological polar surface area (TPSA) is 63.2 Å². The second-order valence-electron chi connectivity index (χ2n) is 4.56. The van der Waals surface area contributed by atoms with E-state index in [4.69, 9.17) is 4.74 Å². The van der Waals surface area contributed by atoms with E-state index in [-0.39, 0.29) is 5.91 Å². The zero-order valence-electron chi connectivity index (χ0n) is 12.2. The molecule has 1 amide bonds. The largest absolute Gasteiger partial charge is 0.383 e. The molecule has 5 nitrogen and oxygen atoms in total. The summed E-state index contributed by atoms with van der Waals surface area (Å²) in [5.74, 6) is -0.0228. The molecule has 0 unspecified atom stereocenters. The van der Waals surface area contributed by atoms with Crippen LogP contribution in [-0.2, 0) is 16.1 Å². The van der Waals surface area contributed by atoms with Crippen LogP contribution in [0.25, 0.3) is 11.3 Å². The Bertz CT molecular complexity index is 581. The number of anilines is 1. The number of nitrogens with zero attached hydrogens (tertiary/aromatic N) is 1. The molecule has 0 aliphatic carbocycles. The van der Waals surface area contributed by atoms with Crippen LogP contribution in [0.3, 0.4) is 0 Å². The first-order chi connectivity index (χ1) is 10.2. The first kappa shape index (κ1) is 15.5. The second-order valence-corrected chi connectivity index (χ2v) is 5.42. The van der Waals surface area contributed by atoms with Crippen LogP contribution in [0.1, 0.15) is 12.5 Å². The first-order valence-electron chi connectivity index (χ1n) is 6.71. The first-order valence-corrected chi connectivity index (χ1v) is 7.59. The van der Waals surface area contributed by atoms with Gasteiger partial charge in [0.2, 0.25) is 5.91 Å². The zero-order chi connectivity index (χ0) is 15.1. The van der Waals surface area contributed by atoms with Crippen molar-refractivity contribution >= 4 is 22.4 Å². The van der Waals surface area contributed by atoms with Gasteiger partial charge in [0.15, 0.2) is 5.13 Å². The summed E-state index contributed by atoms with van der Waals surface area (Å²) in [6, 6.07) is 8.04. The molecular formula is C15H19N3O2S. The summed E-state index contributed by atoms with van der Waals surface area (Å²) >= 11 is 1.58. The summed E-state index contributed by atoms with van der Waals surface area (Å²) in [7, 11) is 1.68. The number of ether oxygens (including phenoxy) is 1. The monoisotopic (exact) mass is 305 g/mol. The highest BCUT2D eigenvalue weighted by molar-refractivity contribution is 7.14. The van der Waals surface area contributed by atoms with Gasteiger partial charge >= 0.3 is 0 Å². The van der Waals surface area contributed by atoms with Gasteiger partial charge in [-0.25, -0.2) is 4.98 Å². The molecule has 0 fully saturated rings. The maximum atomic E-state index is 10.9. The Balaban J connectivity index is 1.96. The molecule has 21 heavy (non-hydrogen) atoms. The van der Waals surface area contributed by atoms with Crippen molar-refractivity contribution in [2.24, 2.45) is 0 Å². The lowest BCUT2D eigenvalue weighted by molar-refractivity contribution is -0.119. The summed E-state index contributed by atoms with van der Waals surface area (Å²) in [5, 5.41) is 8.91. The number of amides is 1. The third-order valence-corrected chi connectivity index (χ3v) is 3.68. The molecule has 112 valence electrons. The lowest BCUT2D eigenvalue weighted by Gasteiger charge is -2.03. The zero-order valence-corrected chi connectivity index (χ0v) is 13.0. The highest BCUT2D eigenvalue weighted by atomic mass is 32.1. The molecule has 6 heteroatoms. The highest BCUT2D eigenvalue weighted by Gasteiger charge is 2.04. The maximum Gasteiger partial charge on any atom is 0.217 e. The number of rotatable bonds is 7. The summed E-state index contributed by atoms with van der Waals surface area (Å²) in [4.78, 5) is 15.4. The van der Waals surface area contributed by atoms with E-state index < -0.39 is 0 Å². The molecule has 0 aliphatic heterocycles. The summed E-state index contributed by atoms with van der Waals surface area (Å²) in [6.07, 6.45) is 0. The minimum absolute atomic E-state index is 0.0228. The van der Waals surface area contributed by atoms with E-state index in [1.807, 2.05) is 29.6 Å². The minimum Gasteiger partial charge on any atom is -0.383 e. The van der Waals surface area contributed by atoms with Crippen LogP contribution in [0, 0.1) is 0 Å². The Kier molecular flexibility index (Phi) is 5.71. The van der Waals surface area contributed by atoms with Gasteiger partial charge in [-0.05, 0) is 5.56 Å². The van der Waals surface area contributed by atoms with Crippen molar-refractivity contribution < 1.29 is 9.53 Å². The van der Waals surface area contributed by atoms with E-state index in [0.29, 0.717) is 13.2 Å². The van der Waals surface area contributed by atoms with Crippen LogP contribution in [-0.4, -0.2) is 31.2 Å². The Hall–Kier alpha value is -1.92. The number of benzene rings is 1. The van der Waals surface area contributed by atoms with Gasteiger partial charge in [0.05, 0.1) is 12.3 Å². The van der Waals surface area contributed by atoms with Crippen LogP contribution in [0.5, 0.6) is 0 Å². The molecule has 2 aromatic rings. The van der Waals surface area contributed by atoms with Crippen molar-refractivity contribution in [3.8, 4) is 11.3 Å². The van der Waals surface area contributed by atoms with Crippen LogP contribution in [0.15, 0.2) is 29.6 Å². The Morgan fingerprint density at radius 3 is 2.76 bits per heavy atom. The quantitative estimate of drug-likeness (QED) is 0.772. The Morgan fingerprint density at radius 1 is 1.33 bits per heavy atom. The minimum atomic E-state index is -0.0228. The van der Waals surface area contributed by atoms with Crippen molar-refractivity contribution in [2.45, 2.75) is 13.5 Å². The van der Waals surface area contributed by atoms with Crippen LogP contribution < -0.4 is 10.6 Å².